The molecule has 2 aromatic heterocycles. The monoisotopic (exact) mass is 333 g/mol. The molecule has 5 nitrogen and oxygen atoms in total. The molecule has 1 saturated heterocycles. The van der Waals surface area contributed by atoms with Crippen LogP contribution in [0.3, 0.4) is 0 Å². The van der Waals surface area contributed by atoms with Crippen molar-refractivity contribution in [3.8, 4) is 0 Å². The molecule has 2 aromatic rings. The highest BCUT2D eigenvalue weighted by molar-refractivity contribution is 7.09. The van der Waals surface area contributed by atoms with E-state index in [4.69, 9.17) is 4.52 Å². The van der Waals surface area contributed by atoms with Crippen molar-refractivity contribution in [2.45, 2.75) is 52.4 Å². The summed E-state index contributed by atoms with van der Waals surface area (Å²) in [7, 11) is 0. The summed E-state index contributed by atoms with van der Waals surface area (Å²) in [6, 6.07) is 0. The smallest absolute Gasteiger partial charge is 0.222 e. The van der Waals surface area contributed by atoms with Crippen LogP contribution in [0.2, 0.25) is 0 Å². The van der Waals surface area contributed by atoms with Gasteiger partial charge in [-0.15, -0.1) is 11.3 Å². The molecule has 1 aliphatic heterocycles. The third-order valence-electron chi connectivity index (χ3n) is 4.53. The van der Waals surface area contributed by atoms with Crippen molar-refractivity contribution < 1.29 is 9.32 Å². The van der Waals surface area contributed by atoms with Crippen LogP contribution in [-0.2, 0) is 11.2 Å². The van der Waals surface area contributed by atoms with Crippen molar-refractivity contribution in [3.63, 3.8) is 0 Å². The molecule has 0 N–H and O–H groups in total. The second kappa shape index (κ2) is 6.83. The Morgan fingerprint density at radius 1 is 1.43 bits per heavy atom. The van der Waals surface area contributed by atoms with E-state index in [-0.39, 0.29) is 5.91 Å². The van der Waals surface area contributed by atoms with Crippen molar-refractivity contribution >= 4 is 17.2 Å². The number of aryl methyl sites for hydroxylation is 3. The first kappa shape index (κ1) is 16.2. The number of rotatable bonds is 4. The molecule has 1 fully saturated rings. The minimum atomic E-state index is 0.225. The third kappa shape index (κ3) is 3.63. The first-order valence-electron chi connectivity index (χ1n) is 8.16. The van der Waals surface area contributed by atoms with Crippen molar-refractivity contribution in [3.05, 3.63) is 33.1 Å². The third-order valence-corrected chi connectivity index (χ3v) is 5.66. The average molecular weight is 333 g/mol. The fourth-order valence-corrected chi connectivity index (χ4v) is 4.14. The number of carbonyl (C=O) groups excluding carboxylic acids is 1. The van der Waals surface area contributed by atoms with Crippen LogP contribution >= 0.6 is 11.3 Å². The Kier molecular flexibility index (Phi) is 4.80. The lowest BCUT2D eigenvalue weighted by Crippen LogP contribution is -2.39. The maximum atomic E-state index is 12.6. The van der Waals surface area contributed by atoms with Gasteiger partial charge >= 0.3 is 0 Å². The molecule has 1 atom stereocenters. The van der Waals surface area contributed by atoms with E-state index in [2.05, 4.69) is 15.5 Å². The second-order valence-electron chi connectivity index (χ2n) is 6.31. The first-order chi connectivity index (χ1) is 11.0. The highest BCUT2D eigenvalue weighted by Gasteiger charge is 2.26. The molecule has 23 heavy (non-hydrogen) atoms. The van der Waals surface area contributed by atoms with Gasteiger partial charge in [0.2, 0.25) is 5.91 Å². The number of likely N-dealkylation sites (tertiary alicyclic amines) is 1. The van der Waals surface area contributed by atoms with Crippen molar-refractivity contribution in [1.29, 1.82) is 0 Å². The molecule has 1 aliphatic rings. The molecule has 3 heterocycles. The summed E-state index contributed by atoms with van der Waals surface area (Å²) in [6.45, 7) is 7.52. The molecule has 0 aromatic carbocycles. The fourth-order valence-electron chi connectivity index (χ4n) is 3.21. The van der Waals surface area contributed by atoms with Crippen molar-refractivity contribution in [2.24, 2.45) is 0 Å². The molecule has 0 bridgehead atoms. The predicted molar refractivity (Wildman–Crippen MR) is 89.7 cm³/mol. The van der Waals surface area contributed by atoms with Crippen LogP contribution in [0, 0.1) is 20.8 Å². The zero-order valence-electron chi connectivity index (χ0n) is 14.0. The van der Waals surface area contributed by atoms with E-state index in [1.807, 2.05) is 25.7 Å². The Morgan fingerprint density at radius 2 is 2.26 bits per heavy atom. The Hall–Kier alpha value is -1.69. The molecular formula is C17H23N3O2S. The summed E-state index contributed by atoms with van der Waals surface area (Å²) in [5.74, 6) is 1.44. The molecule has 0 radical (unpaired) electrons. The summed E-state index contributed by atoms with van der Waals surface area (Å²) in [4.78, 5) is 19.2. The Labute approximate surface area is 140 Å². The maximum Gasteiger partial charge on any atom is 0.222 e. The highest BCUT2D eigenvalue weighted by Crippen LogP contribution is 2.29. The second-order valence-corrected chi connectivity index (χ2v) is 7.20. The summed E-state index contributed by atoms with van der Waals surface area (Å²) in [6.07, 6.45) is 3.41. The summed E-state index contributed by atoms with van der Waals surface area (Å²) < 4.78 is 5.17. The molecule has 0 unspecified atom stereocenters. The molecule has 6 heteroatoms. The minimum absolute atomic E-state index is 0.225. The lowest BCUT2D eigenvalue weighted by atomic mass is 9.98. The topological polar surface area (TPSA) is 59.2 Å². The highest BCUT2D eigenvalue weighted by atomic mass is 32.1. The fraction of sp³-hybridized carbons (Fsp3) is 0.588. The van der Waals surface area contributed by atoms with E-state index in [9.17, 15) is 4.79 Å². The molecule has 0 aliphatic carbocycles. The minimum Gasteiger partial charge on any atom is -0.361 e. The largest absolute Gasteiger partial charge is 0.361 e. The number of hydrogen-bond acceptors (Lipinski definition) is 5. The average Bonchev–Trinajstić information content (AvgIpc) is 3.12. The molecule has 124 valence electrons. The standard InChI is InChI=1S/C17H23N3O2S/c1-11-10-23-17(18-11)14-5-4-8-20(9-14)16(21)7-6-15-12(2)19-22-13(15)3/h10,14H,4-9H2,1-3H3/t14-/m0/s1. The van der Waals surface area contributed by atoms with Crippen LogP contribution in [0.15, 0.2) is 9.90 Å². The summed E-state index contributed by atoms with van der Waals surface area (Å²) in [5.41, 5.74) is 3.04. The predicted octanol–water partition coefficient (Wildman–Crippen LogP) is 3.40. The molecule has 0 saturated carbocycles. The van der Waals surface area contributed by atoms with E-state index < -0.39 is 0 Å². The van der Waals surface area contributed by atoms with Gasteiger partial charge in [-0.05, 0) is 40.0 Å². The van der Waals surface area contributed by atoms with Crippen LogP contribution in [0.5, 0.6) is 0 Å². The number of piperidine rings is 1. The number of carbonyl (C=O) groups is 1. The summed E-state index contributed by atoms with van der Waals surface area (Å²) in [5, 5.41) is 7.22. The van der Waals surface area contributed by atoms with Gasteiger partial charge in [0.25, 0.3) is 0 Å². The van der Waals surface area contributed by atoms with Crippen LogP contribution in [0.1, 0.15) is 52.9 Å². The zero-order valence-corrected chi connectivity index (χ0v) is 14.8. The number of thiazole rings is 1. The summed E-state index contributed by atoms with van der Waals surface area (Å²) >= 11 is 1.72. The lowest BCUT2D eigenvalue weighted by molar-refractivity contribution is -0.132. The van der Waals surface area contributed by atoms with Crippen molar-refractivity contribution in [1.82, 2.24) is 15.0 Å². The van der Waals surface area contributed by atoms with Gasteiger partial charge in [-0.2, -0.15) is 0 Å². The number of nitrogens with zero attached hydrogens (tertiary/aromatic N) is 3. The molecule has 3 rings (SSSR count). The number of amides is 1. The molecule has 1 amide bonds. The van der Waals surface area contributed by atoms with Crippen LogP contribution in [-0.4, -0.2) is 34.0 Å². The first-order valence-corrected chi connectivity index (χ1v) is 9.04. The molecule has 0 spiro atoms. The maximum absolute atomic E-state index is 12.6. The molecular weight excluding hydrogens is 310 g/mol. The Bertz CT molecular complexity index is 672. The van der Waals surface area contributed by atoms with E-state index in [0.717, 1.165) is 48.6 Å². The normalized spacial score (nSPS) is 18.4. The van der Waals surface area contributed by atoms with Crippen LogP contribution in [0.25, 0.3) is 0 Å². The van der Waals surface area contributed by atoms with Gasteiger partial charge in [-0.3, -0.25) is 4.79 Å². The zero-order chi connectivity index (χ0) is 16.4. The SMILES string of the molecule is Cc1csc([C@H]2CCCN(C(=O)CCc3c(C)noc3C)C2)n1. The number of aromatic nitrogens is 2. The van der Waals surface area contributed by atoms with Gasteiger partial charge in [0.15, 0.2) is 0 Å². The van der Waals surface area contributed by atoms with Gasteiger partial charge in [0.1, 0.15) is 5.76 Å². The van der Waals surface area contributed by atoms with Crippen LogP contribution in [0.4, 0.5) is 0 Å². The van der Waals surface area contributed by atoms with E-state index in [1.165, 1.54) is 5.01 Å². The van der Waals surface area contributed by atoms with Gasteiger partial charge in [-0.1, -0.05) is 5.16 Å². The Balaban J connectivity index is 1.59. The van der Waals surface area contributed by atoms with E-state index in [1.54, 1.807) is 11.3 Å². The van der Waals surface area contributed by atoms with Crippen molar-refractivity contribution in [2.75, 3.05) is 13.1 Å². The lowest BCUT2D eigenvalue weighted by Gasteiger charge is -2.32. The van der Waals surface area contributed by atoms with E-state index in [0.29, 0.717) is 18.8 Å². The van der Waals surface area contributed by atoms with Gasteiger partial charge < -0.3 is 9.42 Å². The van der Waals surface area contributed by atoms with Crippen LogP contribution < -0.4 is 0 Å². The van der Waals surface area contributed by atoms with E-state index >= 15 is 0 Å². The Morgan fingerprint density at radius 3 is 2.91 bits per heavy atom. The van der Waals surface area contributed by atoms with Gasteiger partial charge in [0, 0.05) is 42.1 Å². The van der Waals surface area contributed by atoms with Gasteiger partial charge in [-0.25, -0.2) is 4.98 Å². The van der Waals surface area contributed by atoms with Gasteiger partial charge in [0.05, 0.1) is 10.7 Å². The number of hydrogen-bond donors (Lipinski definition) is 0. The quantitative estimate of drug-likeness (QED) is 0.860.